The zero-order chi connectivity index (χ0) is 9.76. The van der Waals surface area contributed by atoms with Crippen LogP contribution in [0.3, 0.4) is 0 Å². The van der Waals surface area contributed by atoms with Crippen LogP contribution in [-0.2, 0) is 12.8 Å². The Morgan fingerprint density at radius 1 is 1.36 bits per heavy atom. The van der Waals surface area contributed by atoms with Gasteiger partial charge in [0.15, 0.2) is 0 Å². The summed E-state index contributed by atoms with van der Waals surface area (Å²) in [5, 5.41) is 9.36. The molecule has 2 nitrogen and oxygen atoms in total. The number of hydrogen-bond donors (Lipinski definition) is 2. The van der Waals surface area contributed by atoms with Gasteiger partial charge in [0.25, 0.3) is 0 Å². The number of fused-ring (bicyclic) bond motifs is 1. The molecule has 0 aliphatic heterocycles. The number of phenolic OH excluding ortho intramolecular Hbond substituents is 1. The van der Waals surface area contributed by atoms with E-state index in [0.717, 1.165) is 12.8 Å². The Kier molecular flexibility index (Phi) is 1.49. The summed E-state index contributed by atoms with van der Waals surface area (Å²) in [5.74, 6) is 0.389. The van der Waals surface area contributed by atoms with Gasteiger partial charge in [-0.05, 0) is 54.4 Å². The molecule has 3 N–H and O–H groups in total. The van der Waals surface area contributed by atoms with Gasteiger partial charge in [-0.15, -0.1) is 0 Å². The van der Waals surface area contributed by atoms with Crippen molar-refractivity contribution in [1.82, 2.24) is 0 Å². The minimum Gasteiger partial charge on any atom is -0.508 e. The second-order valence-electron chi connectivity index (χ2n) is 4.80. The summed E-state index contributed by atoms with van der Waals surface area (Å²) < 4.78 is 0. The lowest BCUT2D eigenvalue weighted by atomic mass is 9.81. The monoisotopic (exact) mass is 189 g/mol. The van der Waals surface area contributed by atoms with Crippen LogP contribution in [0, 0.1) is 5.41 Å². The van der Waals surface area contributed by atoms with E-state index in [4.69, 9.17) is 5.73 Å². The van der Waals surface area contributed by atoms with Crippen molar-refractivity contribution in [2.24, 2.45) is 11.1 Å². The molecule has 0 bridgehead atoms. The van der Waals surface area contributed by atoms with Crippen LogP contribution in [-0.4, -0.2) is 11.1 Å². The van der Waals surface area contributed by atoms with Gasteiger partial charge in [-0.2, -0.15) is 0 Å². The quantitative estimate of drug-likeness (QED) is 0.651. The van der Waals surface area contributed by atoms with Crippen molar-refractivity contribution in [2.75, 3.05) is 0 Å². The largest absolute Gasteiger partial charge is 0.508 e. The zero-order valence-electron chi connectivity index (χ0n) is 8.16. The predicted octanol–water partition coefficient (Wildman–Crippen LogP) is 1.60. The Bertz CT molecular complexity index is 388. The van der Waals surface area contributed by atoms with E-state index in [2.05, 4.69) is 6.07 Å². The first kappa shape index (κ1) is 8.30. The van der Waals surface area contributed by atoms with E-state index in [-0.39, 0.29) is 0 Å². The second-order valence-corrected chi connectivity index (χ2v) is 4.80. The zero-order valence-corrected chi connectivity index (χ0v) is 8.16. The maximum Gasteiger partial charge on any atom is 0.115 e. The van der Waals surface area contributed by atoms with E-state index in [1.807, 2.05) is 6.07 Å². The fourth-order valence-electron chi connectivity index (χ4n) is 2.74. The van der Waals surface area contributed by atoms with Gasteiger partial charge in [-0.1, -0.05) is 6.07 Å². The molecule has 2 atom stereocenters. The first-order valence-corrected chi connectivity index (χ1v) is 5.26. The molecule has 1 aromatic rings. The van der Waals surface area contributed by atoms with Gasteiger partial charge >= 0.3 is 0 Å². The highest BCUT2D eigenvalue weighted by Crippen LogP contribution is 2.53. The van der Waals surface area contributed by atoms with Crippen LogP contribution in [0.15, 0.2) is 18.2 Å². The van der Waals surface area contributed by atoms with Crippen molar-refractivity contribution in [2.45, 2.75) is 31.7 Å². The molecule has 0 amide bonds. The average Bonchev–Trinajstić information content (AvgIpc) is 2.77. The van der Waals surface area contributed by atoms with Crippen LogP contribution in [0.1, 0.15) is 24.0 Å². The molecule has 0 saturated heterocycles. The van der Waals surface area contributed by atoms with Gasteiger partial charge in [-0.25, -0.2) is 0 Å². The lowest BCUT2D eigenvalue weighted by molar-refractivity contribution is 0.417. The molecule has 14 heavy (non-hydrogen) atoms. The van der Waals surface area contributed by atoms with Gasteiger partial charge < -0.3 is 10.8 Å². The van der Waals surface area contributed by atoms with Gasteiger partial charge in [-0.3, -0.25) is 0 Å². The van der Waals surface area contributed by atoms with Crippen LogP contribution < -0.4 is 5.73 Å². The Hall–Kier alpha value is -1.02. The second kappa shape index (κ2) is 2.51. The van der Waals surface area contributed by atoms with Crippen LogP contribution in [0.2, 0.25) is 0 Å². The molecule has 2 aliphatic carbocycles. The van der Waals surface area contributed by atoms with Crippen molar-refractivity contribution in [1.29, 1.82) is 0 Å². The topological polar surface area (TPSA) is 46.2 Å². The summed E-state index contributed by atoms with van der Waals surface area (Å²) in [7, 11) is 0. The number of aryl methyl sites for hydroxylation is 1. The third-order valence-corrected chi connectivity index (χ3v) is 3.88. The van der Waals surface area contributed by atoms with E-state index < -0.39 is 0 Å². The molecule has 1 saturated carbocycles. The van der Waals surface area contributed by atoms with Crippen molar-refractivity contribution in [3.8, 4) is 5.75 Å². The van der Waals surface area contributed by atoms with E-state index in [9.17, 15) is 5.11 Å². The van der Waals surface area contributed by atoms with Crippen LogP contribution in [0.5, 0.6) is 5.75 Å². The highest BCUT2D eigenvalue weighted by atomic mass is 16.3. The summed E-state index contributed by atoms with van der Waals surface area (Å²) in [5.41, 5.74) is 9.10. The minimum absolute atomic E-state index is 0.389. The Morgan fingerprint density at radius 2 is 2.14 bits per heavy atom. The van der Waals surface area contributed by atoms with Crippen LogP contribution >= 0.6 is 0 Å². The molecule has 0 radical (unpaired) electrons. The number of phenols is 1. The summed E-state index contributed by atoms with van der Waals surface area (Å²) in [6.07, 6.45) is 4.58. The molecule has 1 aromatic carbocycles. The van der Waals surface area contributed by atoms with E-state index in [0.29, 0.717) is 17.2 Å². The van der Waals surface area contributed by atoms with E-state index >= 15 is 0 Å². The van der Waals surface area contributed by atoms with E-state index in [1.165, 1.54) is 24.0 Å². The van der Waals surface area contributed by atoms with Crippen molar-refractivity contribution >= 4 is 0 Å². The third kappa shape index (κ3) is 1.07. The highest BCUT2D eigenvalue weighted by Gasteiger charge is 2.52. The first-order valence-electron chi connectivity index (χ1n) is 5.26. The molecule has 0 aromatic heterocycles. The predicted molar refractivity (Wildman–Crippen MR) is 55.2 cm³/mol. The molecule has 2 aliphatic rings. The Labute approximate surface area is 83.7 Å². The summed E-state index contributed by atoms with van der Waals surface area (Å²) in [6.45, 7) is 0. The molecule has 2 unspecified atom stereocenters. The van der Waals surface area contributed by atoms with Crippen molar-refractivity contribution < 1.29 is 5.11 Å². The Balaban J connectivity index is 1.96. The summed E-state index contributed by atoms with van der Waals surface area (Å²) in [6, 6.07) is 6.16. The number of nitrogens with two attached hydrogens (primary N) is 1. The number of rotatable bonds is 0. The molecule has 3 rings (SSSR count). The maximum atomic E-state index is 9.36. The van der Waals surface area contributed by atoms with Gasteiger partial charge in [0.1, 0.15) is 5.75 Å². The molecule has 2 heteroatoms. The van der Waals surface area contributed by atoms with Crippen molar-refractivity contribution in [3.63, 3.8) is 0 Å². The fraction of sp³-hybridized carbons (Fsp3) is 0.500. The fourth-order valence-corrected chi connectivity index (χ4v) is 2.74. The highest BCUT2D eigenvalue weighted by molar-refractivity contribution is 5.39. The molecule has 74 valence electrons. The first-order chi connectivity index (χ1) is 6.70. The summed E-state index contributed by atoms with van der Waals surface area (Å²) >= 11 is 0. The Morgan fingerprint density at radius 3 is 2.86 bits per heavy atom. The maximum absolute atomic E-state index is 9.36. The smallest absolute Gasteiger partial charge is 0.115 e. The van der Waals surface area contributed by atoms with Gasteiger partial charge in [0, 0.05) is 6.04 Å². The van der Waals surface area contributed by atoms with Crippen LogP contribution in [0.25, 0.3) is 0 Å². The molecular formula is C12H15NO. The lowest BCUT2D eigenvalue weighted by Crippen LogP contribution is -2.22. The average molecular weight is 189 g/mol. The normalized spacial score (nSPS) is 34.2. The van der Waals surface area contributed by atoms with Gasteiger partial charge in [0.05, 0.1) is 0 Å². The molecular weight excluding hydrogens is 174 g/mol. The minimum atomic E-state index is 0.389. The standard InChI is InChI=1S/C12H15NO/c13-11-7-12(11)4-3-8-5-10(14)2-1-9(8)6-12/h1-2,5,11,14H,3-4,6-7,13H2. The number of benzene rings is 1. The molecule has 1 fully saturated rings. The van der Waals surface area contributed by atoms with E-state index in [1.54, 1.807) is 6.07 Å². The SMILES string of the molecule is NC1CC12CCc1cc(O)ccc1C2. The molecule has 1 spiro atoms. The van der Waals surface area contributed by atoms with Crippen LogP contribution in [0.4, 0.5) is 0 Å². The summed E-state index contributed by atoms with van der Waals surface area (Å²) in [4.78, 5) is 0. The number of aromatic hydroxyl groups is 1. The van der Waals surface area contributed by atoms with Gasteiger partial charge in [0.2, 0.25) is 0 Å². The van der Waals surface area contributed by atoms with Crippen molar-refractivity contribution in [3.05, 3.63) is 29.3 Å². The molecule has 0 heterocycles. The number of hydrogen-bond acceptors (Lipinski definition) is 2. The lowest BCUT2D eigenvalue weighted by Gasteiger charge is -2.24. The third-order valence-electron chi connectivity index (χ3n) is 3.88.